The number of allylic oxidation sites excluding steroid dienone is 2. The fraction of sp³-hybridized carbons (Fsp3) is 0.789. The third-order valence-electron chi connectivity index (χ3n) is 12.3. The van der Waals surface area contributed by atoms with E-state index in [1.54, 1.807) is 0 Å². The highest BCUT2D eigenvalue weighted by molar-refractivity contribution is 5.26. The van der Waals surface area contributed by atoms with Crippen LogP contribution in [0.3, 0.4) is 0 Å². The molecule has 0 bridgehead atoms. The Hall–Kier alpha value is -1.08. The maximum absolute atomic E-state index is 3.90. The van der Waals surface area contributed by atoms with Gasteiger partial charge in [0.1, 0.15) is 0 Å². The van der Waals surface area contributed by atoms with Gasteiger partial charge in [0.05, 0.1) is 0 Å². The molecule has 1 aromatic rings. The van der Waals surface area contributed by atoms with E-state index in [0.717, 1.165) is 42.4 Å². The molecule has 1 nitrogen and oxygen atoms in total. The van der Waals surface area contributed by atoms with Gasteiger partial charge in [-0.2, -0.15) is 0 Å². The van der Waals surface area contributed by atoms with Gasteiger partial charge in [0.15, 0.2) is 0 Å². The fourth-order valence-electron chi connectivity index (χ4n) is 9.68. The quantitative estimate of drug-likeness (QED) is 0.263. The molecule has 0 amide bonds. The van der Waals surface area contributed by atoms with E-state index in [-0.39, 0.29) is 0 Å². The van der Waals surface area contributed by atoms with E-state index in [4.69, 9.17) is 0 Å². The first-order chi connectivity index (χ1) is 18.8. The highest BCUT2D eigenvalue weighted by Gasteiger charge is 2.54. The normalized spacial score (nSPS) is 35.6. The maximum atomic E-state index is 3.90. The summed E-state index contributed by atoms with van der Waals surface area (Å²) in [4.78, 5) is 0. The van der Waals surface area contributed by atoms with Gasteiger partial charge in [-0.25, -0.2) is 0 Å². The number of rotatable bonds is 12. The molecule has 0 saturated heterocycles. The van der Waals surface area contributed by atoms with Gasteiger partial charge in [-0.3, -0.25) is 0 Å². The second kappa shape index (κ2) is 13.7. The largest absolute Gasteiger partial charge is 0.307 e. The molecular weight excluding hydrogens is 470 g/mol. The van der Waals surface area contributed by atoms with Crippen LogP contribution in [0.25, 0.3) is 0 Å². The first-order valence-corrected chi connectivity index (χ1v) is 17.3. The fourth-order valence-corrected chi connectivity index (χ4v) is 9.68. The lowest BCUT2D eigenvalue weighted by molar-refractivity contribution is -0.107. The monoisotopic (exact) mass is 533 g/mol. The molecule has 4 rings (SSSR count). The summed E-state index contributed by atoms with van der Waals surface area (Å²) in [5.41, 5.74) is 4.21. The van der Waals surface area contributed by atoms with Crippen LogP contribution in [-0.4, -0.2) is 6.04 Å². The first kappa shape index (κ1) is 30.9. The van der Waals surface area contributed by atoms with Crippen molar-refractivity contribution in [2.24, 2.45) is 40.4 Å². The summed E-state index contributed by atoms with van der Waals surface area (Å²) < 4.78 is 0. The summed E-state index contributed by atoms with van der Waals surface area (Å²) in [7, 11) is 0. The Morgan fingerprint density at radius 2 is 1.77 bits per heavy atom. The Balaban J connectivity index is 1.31. The van der Waals surface area contributed by atoms with E-state index in [1.165, 1.54) is 88.2 Å². The van der Waals surface area contributed by atoms with E-state index < -0.39 is 0 Å². The van der Waals surface area contributed by atoms with E-state index in [0.29, 0.717) is 22.9 Å². The van der Waals surface area contributed by atoms with Gasteiger partial charge < -0.3 is 5.32 Å². The molecule has 0 radical (unpaired) electrons. The summed E-state index contributed by atoms with van der Waals surface area (Å²) in [6.07, 6.45) is 24.2. The number of nitrogens with one attached hydrogen (secondary N) is 1. The van der Waals surface area contributed by atoms with Crippen LogP contribution in [0.15, 0.2) is 36.4 Å². The lowest BCUT2D eigenvalue weighted by atomic mass is 9.44. The lowest BCUT2D eigenvalue weighted by Crippen LogP contribution is -2.52. The molecule has 3 saturated carbocycles. The zero-order valence-corrected chi connectivity index (χ0v) is 26.9. The third-order valence-corrected chi connectivity index (χ3v) is 12.3. The van der Waals surface area contributed by atoms with Crippen molar-refractivity contribution in [1.29, 1.82) is 0 Å². The van der Waals surface area contributed by atoms with Crippen molar-refractivity contribution in [1.82, 2.24) is 5.32 Å². The predicted molar refractivity (Wildman–Crippen MR) is 171 cm³/mol. The van der Waals surface area contributed by atoms with Crippen LogP contribution in [0.1, 0.15) is 149 Å². The predicted octanol–water partition coefficient (Wildman–Crippen LogP) is 11.1. The van der Waals surface area contributed by atoms with Gasteiger partial charge in [0.2, 0.25) is 0 Å². The lowest BCUT2D eigenvalue weighted by Gasteiger charge is -2.60. The Labute approximate surface area is 243 Å². The SMILES string of the molecule is CCCC1(C)CCC2(C)C(CCC3C(C)C(C=CCCc4cccc(C(CC)NC(CC)CC)c4)CCC32)C1. The van der Waals surface area contributed by atoms with Crippen LogP contribution in [0.4, 0.5) is 0 Å². The van der Waals surface area contributed by atoms with E-state index in [1.807, 2.05) is 0 Å². The minimum absolute atomic E-state index is 0.475. The molecule has 0 spiro atoms. The molecule has 39 heavy (non-hydrogen) atoms. The third kappa shape index (κ3) is 7.05. The molecule has 3 aliphatic carbocycles. The highest BCUT2D eigenvalue weighted by Crippen LogP contribution is 2.64. The molecule has 0 aliphatic heterocycles. The van der Waals surface area contributed by atoms with Crippen LogP contribution < -0.4 is 5.32 Å². The van der Waals surface area contributed by atoms with Crippen molar-refractivity contribution in [2.75, 3.05) is 0 Å². The molecule has 220 valence electrons. The van der Waals surface area contributed by atoms with Crippen molar-refractivity contribution in [3.63, 3.8) is 0 Å². The molecule has 0 heterocycles. The number of hydrogen-bond acceptors (Lipinski definition) is 1. The van der Waals surface area contributed by atoms with Gasteiger partial charge in [-0.15, -0.1) is 0 Å². The maximum Gasteiger partial charge on any atom is 0.0320 e. The standard InChI is InChI=1S/C38H63N/c1-8-23-37(6)24-25-38(7)32(27-37)20-21-34-28(5)30(19-22-35(34)38)17-13-12-15-29-16-14-18-31(26-29)36(11-4)39-33(9-2)10-3/h13-14,16-18,26,28,30,32-36,39H,8-12,15,19-25,27H2,1-7H3. The molecule has 0 aromatic heterocycles. The van der Waals surface area contributed by atoms with Crippen molar-refractivity contribution in [3.05, 3.63) is 47.5 Å². The van der Waals surface area contributed by atoms with E-state index in [9.17, 15) is 0 Å². The summed E-state index contributed by atoms with van der Waals surface area (Å²) in [5.74, 6) is 4.56. The van der Waals surface area contributed by atoms with Crippen molar-refractivity contribution < 1.29 is 0 Å². The van der Waals surface area contributed by atoms with Gasteiger partial charge in [-0.05, 0) is 135 Å². The van der Waals surface area contributed by atoms with Gasteiger partial charge in [0.25, 0.3) is 0 Å². The molecular formula is C38H63N. The van der Waals surface area contributed by atoms with Crippen LogP contribution in [-0.2, 0) is 6.42 Å². The first-order valence-electron chi connectivity index (χ1n) is 17.3. The van der Waals surface area contributed by atoms with Crippen LogP contribution in [0, 0.1) is 40.4 Å². The van der Waals surface area contributed by atoms with Gasteiger partial charge >= 0.3 is 0 Å². The van der Waals surface area contributed by atoms with E-state index >= 15 is 0 Å². The van der Waals surface area contributed by atoms with Gasteiger partial charge in [0, 0.05) is 12.1 Å². The minimum atomic E-state index is 0.475. The minimum Gasteiger partial charge on any atom is -0.307 e. The molecule has 8 atom stereocenters. The molecule has 8 unspecified atom stereocenters. The highest BCUT2D eigenvalue weighted by atomic mass is 14.9. The Bertz CT molecular complexity index is 913. The molecule has 3 fully saturated rings. The number of aryl methyl sites for hydroxylation is 1. The van der Waals surface area contributed by atoms with Crippen LogP contribution in [0.2, 0.25) is 0 Å². The smallest absolute Gasteiger partial charge is 0.0320 e. The van der Waals surface area contributed by atoms with Gasteiger partial charge in [-0.1, -0.05) is 91.3 Å². The zero-order chi connectivity index (χ0) is 28.0. The topological polar surface area (TPSA) is 12.0 Å². The van der Waals surface area contributed by atoms with E-state index in [2.05, 4.69) is 90.2 Å². The summed E-state index contributed by atoms with van der Waals surface area (Å²) in [6, 6.07) is 10.5. The molecule has 1 heteroatoms. The Morgan fingerprint density at radius 1 is 0.974 bits per heavy atom. The number of hydrogen-bond donors (Lipinski definition) is 1. The average molecular weight is 534 g/mol. The molecule has 3 aliphatic rings. The second-order valence-corrected chi connectivity index (χ2v) is 14.8. The Kier molecular flexibility index (Phi) is 10.9. The zero-order valence-electron chi connectivity index (χ0n) is 26.9. The van der Waals surface area contributed by atoms with Crippen LogP contribution >= 0.6 is 0 Å². The Morgan fingerprint density at radius 3 is 2.49 bits per heavy atom. The van der Waals surface area contributed by atoms with Crippen LogP contribution in [0.5, 0.6) is 0 Å². The molecule has 1 aromatic carbocycles. The molecule has 1 N–H and O–H groups in total. The number of fused-ring (bicyclic) bond motifs is 3. The average Bonchev–Trinajstić information content (AvgIpc) is 2.94. The summed E-state index contributed by atoms with van der Waals surface area (Å²) in [5, 5.41) is 3.90. The number of benzene rings is 1. The summed E-state index contributed by atoms with van der Waals surface area (Å²) >= 11 is 0. The second-order valence-electron chi connectivity index (χ2n) is 14.8. The summed E-state index contributed by atoms with van der Waals surface area (Å²) in [6.45, 7) is 17.2. The van der Waals surface area contributed by atoms with Crippen molar-refractivity contribution >= 4 is 0 Å². The van der Waals surface area contributed by atoms with Crippen molar-refractivity contribution in [3.8, 4) is 0 Å². The van der Waals surface area contributed by atoms with Crippen molar-refractivity contribution in [2.45, 2.75) is 150 Å².